The Hall–Kier alpha value is -2.57. The van der Waals surface area contributed by atoms with E-state index < -0.39 is 11.7 Å². The number of benzene rings is 1. The average molecular weight is 277 g/mol. The van der Waals surface area contributed by atoms with Crippen LogP contribution in [0.1, 0.15) is 20.8 Å². The lowest BCUT2D eigenvalue weighted by molar-refractivity contribution is -0.105. The van der Waals surface area contributed by atoms with Crippen molar-refractivity contribution in [2.45, 2.75) is 26.4 Å². The molecule has 1 heterocycles. The first-order chi connectivity index (χ1) is 9.39. The number of rotatable bonds is 3. The fourth-order valence-electron chi connectivity index (χ4n) is 1.59. The van der Waals surface area contributed by atoms with Crippen LogP contribution in [0.15, 0.2) is 22.7 Å². The summed E-state index contributed by atoms with van der Waals surface area (Å²) in [6, 6.07) is 4.96. The first-order valence-electron chi connectivity index (χ1n) is 5.99. The Bertz CT molecular complexity index is 643. The summed E-state index contributed by atoms with van der Waals surface area (Å²) in [7, 11) is 0. The van der Waals surface area contributed by atoms with Crippen LogP contribution in [0.5, 0.6) is 0 Å². The van der Waals surface area contributed by atoms with Gasteiger partial charge in [-0.2, -0.15) is 0 Å². The van der Waals surface area contributed by atoms with E-state index >= 15 is 0 Å². The number of nitrogens with zero attached hydrogens (tertiary/aromatic N) is 1. The number of hydrogen-bond acceptors (Lipinski definition) is 5. The third-order valence-corrected chi connectivity index (χ3v) is 2.31. The van der Waals surface area contributed by atoms with Crippen molar-refractivity contribution in [3.8, 4) is 0 Å². The molecular weight excluding hydrogens is 262 g/mol. The van der Waals surface area contributed by atoms with E-state index in [2.05, 4.69) is 15.8 Å². The standard InChI is InChI=1S/C13H15N3O4/c1-13(2,3)19-12(18)15-11-9-6-8(14-7-17)4-5-10(9)20-16-11/h4-7H,1-3H3,(H,14,17)(H,15,16,18). The maximum Gasteiger partial charge on any atom is 0.413 e. The van der Waals surface area contributed by atoms with Crippen LogP contribution >= 0.6 is 0 Å². The molecule has 20 heavy (non-hydrogen) atoms. The molecule has 0 saturated carbocycles. The van der Waals surface area contributed by atoms with Crippen molar-refractivity contribution in [2.75, 3.05) is 10.6 Å². The monoisotopic (exact) mass is 277 g/mol. The predicted octanol–water partition coefficient (Wildman–Crippen LogP) is 2.74. The molecule has 0 saturated heterocycles. The summed E-state index contributed by atoms with van der Waals surface area (Å²) in [4.78, 5) is 22.1. The number of ether oxygens (including phenoxy) is 1. The molecule has 0 unspecified atom stereocenters. The molecule has 1 aromatic heterocycles. The van der Waals surface area contributed by atoms with Crippen LogP contribution < -0.4 is 10.6 Å². The van der Waals surface area contributed by atoms with Gasteiger partial charge >= 0.3 is 6.09 Å². The molecule has 106 valence electrons. The fourth-order valence-corrected chi connectivity index (χ4v) is 1.59. The van der Waals surface area contributed by atoms with Crippen molar-refractivity contribution >= 4 is 35.0 Å². The molecule has 0 bridgehead atoms. The molecule has 7 nitrogen and oxygen atoms in total. The minimum atomic E-state index is -0.624. The van der Waals surface area contributed by atoms with E-state index in [-0.39, 0.29) is 5.82 Å². The number of aromatic nitrogens is 1. The average Bonchev–Trinajstić information content (AvgIpc) is 2.70. The Morgan fingerprint density at radius 1 is 1.40 bits per heavy atom. The Labute approximate surface area is 115 Å². The quantitative estimate of drug-likeness (QED) is 0.841. The smallest absolute Gasteiger partial charge is 0.413 e. The SMILES string of the molecule is CC(C)(C)OC(=O)Nc1noc2ccc(NC=O)cc12. The fraction of sp³-hybridized carbons (Fsp3) is 0.308. The maximum atomic E-state index is 11.7. The van der Waals surface area contributed by atoms with Gasteiger partial charge in [0.15, 0.2) is 11.4 Å². The summed E-state index contributed by atoms with van der Waals surface area (Å²) < 4.78 is 10.2. The van der Waals surface area contributed by atoms with E-state index in [1.54, 1.807) is 39.0 Å². The first-order valence-corrected chi connectivity index (χ1v) is 5.99. The van der Waals surface area contributed by atoms with Crippen molar-refractivity contribution in [3.63, 3.8) is 0 Å². The van der Waals surface area contributed by atoms with Crippen LogP contribution in [0.25, 0.3) is 11.0 Å². The molecule has 0 atom stereocenters. The lowest BCUT2D eigenvalue weighted by Gasteiger charge is -2.19. The van der Waals surface area contributed by atoms with E-state index in [0.717, 1.165) is 0 Å². The molecule has 1 aromatic carbocycles. The molecule has 0 fully saturated rings. The molecule has 0 aliphatic carbocycles. The normalized spacial score (nSPS) is 11.2. The molecule has 2 aromatic rings. The van der Waals surface area contributed by atoms with E-state index in [4.69, 9.17) is 9.26 Å². The van der Waals surface area contributed by atoms with Gasteiger partial charge in [-0.25, -0.2) is 4.79 Å². The van der Waals surface area contributed by atoms with Gasteiger partial charge in [0.05, 0.1) is 5.39 Å². The van der Waals surface area contributed by atoms with Gasteiger partial charge in [-0.15, -0.1) is 0 Å². The lowest BCUT2D eigenvalue weighted by Crippen LogP contribution is -2.27. The number of carbonyl (C=O) groups excluding carboxylic acids is 2. The van der Waals surface area contributed by atoms with Crippen molar-refractivity contribution in [3.05, 3.63) is 18.2 Å². The second-order valence-corrected chi connectivity index (χ2v) is 5.13. The van der Waals surface area contributed by atoms with E-state index in [9.17, 15) is 9.59 Å². The van der Waals surface area contributed by atoms with E-state index in [1.807, 2.05) is 0 Å². The highest BCUT2D eigenvalue weighted by molar-refractivity contribution is 5.98. The number of amides is 2. The third-order valence-electron chi connectivity index (χ3n) is 2.31. The summed E-state index contributed by atoms with van der Waals surface area (Å²) in [5.74, 6) is 0.240. The van der Waals surface area contributed by atoms with Gasteiger partial charge in [-0.1, -0.05) is 5.16 Å². The highest BCUT2D eigenvalue weighted by Crippen LogP contribution is 2.26. The number of hydrogen-bond donors (Lipinski definition) is 2. The van der Waals surface area contributed by atoms with Gasteiger partial charge in [0, 0.05) is 5.69 Å². The van der Waals surface area contributed by atoms with Crippen LogP contribution in [0.4, 0.5) is 16.3 Å². The van der Waals surface area contributed by atoms with E-state index in [1.165, 1.54) is 0 Å². The molecule has 2 rings (SSSR count). The topological polar surface area (TPSA) is 93.5 Å². The largest absolute Gasteiger partial charge is 0.444 e. The molecule has 0 radical (unpaired) electrons. The van der Waals surface area contributed by atoms with Gasteiger partial charge in [0.2, 0.25) is 6.41 Å². The number of nitrogens with one attached hydrogen (secondary N) is 2. The zero-order valence-electron chi connectivity index (χ0n) is 11.4. The highest BCUT2D eigenvalue weighted by Gasteiger charge is 2.18. The Morgan fingerprint density at radius 3 is 2.80 bits per heavy atom. The first kappa shape index (κ1) is 13.9. The molecule has 0 aliphatic heterocycles. The second kappa shape index (κ2) is 5.20. The summed E-state index contributed by atoms with van der Waals surface area (Å²) >= 11 is 0. The van der Waals surface area contributed by atoms with Crippen molar-refractivity contribution < 1.29 is 18.8 Å². The summed E-state index contributed by atoms with van der Waals surface area (Å²) in [6.07, 6.45) is -0.0585. The minimum absolute atomic E-state index is 0.240. The van der Waals surface area contributed by atoms with Gasteiger partial charge in [-0.3, -0.25) is 10.1 Å². The van der Waals surface area contributed by atoms with Gasteiger partial charge in [0.1, 0.15) is 5.60 Å². The van der Waals surface area contributed by atoms with Gasteiger partial charge < -0.3 is 14.6 Å². The predicted molar refractivity (Wildman–Crippen MR) is 73.6 cm³/mol. The Balaban J connectivity index is 2.23. The van der Waals surface area contributed by atoms with Crippen LogP contribution in [-0.4, -0.2) is 23.3 Å². The molecule has 7 heteroatoms. The maximum absolute atomic E-state index is 11.7. The van der Waals surface area contributed by atoms with Crippen molar-refractivity contribution in [2.24, 2.45) is 0 Å². The van der Waals surface area contributed by atoms with Crippen LogP contribution in [-0.2, 0) is 9.53 Å². The minimum Gasteiger partial charge on any atom is -0.444 e. The Kier molecular flexibility index (Phi) is 3.60. The van der Waals surface area contributed by atoms with Crippen molar-refractivity contribution in [1.82, 2.24) is 5.16 Å². The molecular formula is C13H15N3O4. The highest BCUT2D eigenvalue weighted by atomic mass is 16.6. The number of anilines is 2. The summed E-state index contributed by atoms with van der Waals surface area (Å²) in [5, 5.41) is 9.36. The molecule has 0 aliphatic rings. The number of carbonyl (C=O) groups is 2. The molecule has 2 amide bonds. The van der Waals surface area contributed by atoms with Crippen molar-refractivity contribution in [1.29, 1.82) is 0 Å². The van der Waals surface area contributed by atoms with Crippen LogP contribution in [0, 0.1) is 0 Å². The van der Waals surface area contributed by atoms with Gasteiger partial charge in [0.25, 0.3) is 0 Å². The summed E-state index contributed by atoms with van der Waals surface area (Å²) in [5.41, 5.74) is 0.462. The number of fused-ring (bicyclic) bond motifs is 1. The molecule has 2 N–H and O–H groups in total. The van der Waals surface area contributed by atoms with Gasteiger partial charge in [-0.05, 0) is 39.0 Å². The Morgan fingerprint density at radius 2 is 2.15 bits per heavy atom. The van der Waals surface area contributed by atoms with E-state index in [0.29, 0.717) is 23.1 Å². The third kappa shape index (κ3) is 3.25. The molecule has 0 spiro atoms. The zero-order chi connectivity index (χ0) is 14.8. The van der Waals surface area contributed by atoms with Crippen LogP contribution in [0.2, 0.25) is 0 Å². The summed E-state index contributed by atoms with van der Waals surface area (Å²) in [6.45, 7) is 5.29. The van der Waals surface area contributed by atoms with Crippen LogP contribution in [0.3, 0.4) is 0 Å². The zero-order valence-corrected chi connectivity index (χ0v) is 11.4. The lowest BCUT2D eigenvalue weighted by atomic mass is 10.2. The second-order valence-electron chi connectivity index (χ2n) is 5.13.